The van der Waals surface area contributed by atoms with Crippen LogP contribution in [0.25, 0.3) is 0 Å². The zero-order valence-corrected chi connectivity index (χ0v) is 12.9. The van der Waals surface area contributed by atoms with Crippen LogP contribution in [0.4, 0.5) is 5.82 Å². The second kappa shape index (κ2) is 7.22. The van der Waals surface area contributed by atoms with Crippen molar-refractivity contribution in [2.24, 2.45) is 0 Å². The molecule has 0 saturated carbocycles. The van der Waals surface area contributed by atoms with Crippen LogP contribution in [0.15, 0.2) is 18.3 Å². The molecular weight excluding hydrogens is 308 g/mol. The molecule has 118 valence electrons. The van der Waals surface area contributed by atoms with Gasteiger partial charge in [-0.15, -0.1) is 0 Å². The van der Waals surface area contributed by atoms with Crippen LogP contribution in [0.1, 0.15) is 19.8 Å². The van der Waals surface area contributed by atoms with Gasteiger partial charge in [-0.3, -0.25) is 14.4 Å². The highest BCUT2D eigenvalue weighted by atomic mass is 35.5. The van der Waals surface area contributed by atoms with Gasteiger partial charge in [0.2, 0.25) is 5.91 Å². The Bertz CT molecular complexity index is 568. The maximum Gasteiger partial charge on any atom is 0.314 e. The molecule has 1 aromatic rings. The van der Waals surface area contributed by atoms with Gasteiger partial charge >= 0.3 is 11.8 Å². The van der Waals surface area contributed by atoms with Crippen molar-refractivity contribution in [1.29, 1.82) is 0 Å². The summed E-state index contributed by atoms with van der Waals surface area (Å²) in [6.07, 6.45) is 2.65. The minimum atomic E-state index is -0.774. The van der Waals surface area contributed by atoms with Gasteiger partial charge in [-0.2, -0.15) is 0 Å². The van der Waals surface area contributed by atoms with Crippen molar-refractivity contribution in [3.05, 3.63) is 23.4 Å². The number of nitrogens with zero attached hydrogens (tertiary/aromatic N) is 2. The Hall–Kier alpha value is -2.15. The molecule has 1 aliphatic heterocycles. The van der Waals surface area contributed by atoms with Crippen molar-refractivity contribution >= 4 is 35.1 Å². The van der Waals surface area contributed by atoms with E-state index < -0.39 is 11.8 Å². The number of aromatic nitrogens is 1. The first-order valence-corrected chi connectivity index (χ1v) is 7.32. The summed E-state index contributed by atoms with van der Waals surface area (Å²) in [5.41, 5.74) is 0. The van der Waals surface area contributed by atoms with E-state index in [4.69, 9.17) is 11.6 Å². The number of anilines is 1. The van der Waals surface area contributed by atoms with Crippen LogP contribution in [0.2, 0.25) is 5.02 Å². The first kappa shape index (κ1) is 16.2. The lowest BCUT2D eigenvalue weighted by Crippen LogP contribution is -2.48. The van der Waals surface area contributed by atoms with E-state index in [0.29, 0.717) is 31.0 Å². The monoisotopic (exact) mass is 324 g/mol. The van der Waals surface area contributed by atoms with Crippen molar-refractivity contribution in [3.63, 3.8) is 0 Å². The highest BCUT2D eigenvalue weighted by Crippen LogP contribution is 2.11. The largest absolute Gasteiger partial charge is 0.345 e. The summed E-state index contributed by atoms with van der Waals surface area (Å²) in [5, 5.41) is 5.51. The molecule has 0 bridgehead atoms. The molecule has 3 amide bonds. The molecule has 1 saturated heterocycles. The van der Waals surface area contributed by atoms with Gasteiger partial charge in [0.1, 0.15) is 5.82 Å². The number of likely N-dealkylation sites (tertiary alicyclic amines) is 1. The van der Waals surface area contributed by atoms with Crippen molar-refractivity contribution in [2.75, 3.05) is 18.4 Å². The third-order valence-corrected chi connectivity index (χ3v) is 3.67. The smallest absolute Gasteiger partial charge is 0.314 e. The number of pyridine rings is 1. The number of carbonyl (C=O) groups is 3. The Labute approximate surface area is 133 Å². The van der Waals surface area contributed by atoms with Crippen LogP contribution in [0.3, 0.4) is 0 Å². The second-order valence-corrected chi connectivity index (χ2v) is 5.51. The molecule has 1 fully saturated rings. The fourth-order valence-electron chi connectivity index (χ4n) is 2.21. The summed E-state index contributed by atoms with van der Waals surface area (Å²) < 4.78 is 0. The molecule has 2 heterocycles. The normalized spacial score (nSPS) is 15.3. The van der Waals surface area contributed by atoms with Crippen LogP contribution in [-0.4, -0.2) is 46.7 Å². The van der Waals surface area contributed by atoms with Crippen LogP contribution >= 0.6 is 11.6 Å². The van der Waals surface area contributed by atoms with Crippen molar-refractivity contribution < 1.29 is 14.4 Å². The van der Waals surface area contributed by atoms with Gasteiger partial charge in [0.15, 0.2) is 0 Å². The summed E-state index contributed by atoms with van der Waals surface area (Å²) in [6.45, 7) is 2.69. The maximum absolute atomic E-state index is 11.8. The SMILES string of the molecule is CC(=O)N1CCC(NC(=O)C(=O)Nc2ccc(Cl)cn2)CC1. The van der Waals surface area contributed by atoms with Crippen LogP contribution in [-0.2, 0) is 14.4 Å². The molecular formula is C14H17ClN4O3. The maximum atomic E-state index is 11.8. The average Bonchev–Trinajstić information content (AvgIpc) is 2.50. The molecule has 0 radical (unpaired) electrons. The van der Waals surface area contributed by atoms with Gasteiger partial charge in [0, 0.05) is 32.3 Å². The Morgan fingerprint density at radius 2 is 1.91 bits per heavy atom. The predicted octanol–water partition coefficient (Wildman–Crippen LogP) is 0.801. The highest BCUT2D eigenvalue weighted by molar-refractivity contribution is 6.39. The number of carbonyl (C=O) groups excluding carboxylic acids is 3. The number of nitrogens with one attached hydrogen (secondary N) is 2. The Morgan fingerprint density at radius 3 is 2.45 bits per heavy atom. The first-order valence-electron chi connectivity index (χ1n) is 6.94. The van der Waals surface area contributed by atoms with E-state index in [1.54, 1.807) is 11.0 Å². The number of halogens is 1. The standard InChI is InChI=1S/C14H17ClN4O3/c1-9(20)19-6-4-11(5-7-19)17-13(21)14(22)18-12-3-2-10(15)8-16-12/h2-3,8,11H,4-7H2,1H3,(H,17,21)(H,16,18,22). The van der Waals surface area contributed by atoms with Gasteiger partial charge in [-0.1, -0.05) is 11.6 Å². The molecule has 0 unspecified atom stereocenters. The number of hydrogen-bond donors (Lipinski definition) is 2. The van der Waals surface area contributed by atoms with Crippen LogP contribution in [0, 0.1) is 0 Å². The molecule has 0 spiro atoms. The summed E-state index contributed by atoms with van der Waals surface area (Å²) in [6, 6.07) is 2.98. The number of hydrogen-bond acceptors (Lipinski definition) is 4. The van der Waals surface area contributed by atoms with E-state index >= 15 is 0 Å². The van der Waals surface area contributed by atoms with E-state index in [9.17, 15) is 14.4 Å². The summed E-state index contributed by atoms with van der Waals surface area (Å²) in [4.78, 5) is 40.5. The minimum Gasteiger partial charge on any atom is -0.345 e. The minimum absolute atomic E-state index is 0.0244. The molecule has 7 nitrogen and oxygen atoms in total. The Kier molecular flexibility index (Phi) is 5.32. The summed E-state index contributed by atoms with van der Waals surface area (Å²) in [5.74, 6) is -1.20. The van der Waals surface area contributed by atoms with E-state index in [-0.39, 0.29) is 17.8 Å². The lowest BCUT2D eigenvalue weighted by Gasteiger charge is -2.31. The molecule has 1 aliphatic rings. The molecule has 0 aromatic carbocycles. The van der Waals surface area contributed by atoms with Gasteiger partial charge in [0.05, 0.1) is 5.02 Å². The van der Waals surface area contributed by atoms with Crippen molar-refractivity contribution in [2.45, 2.75) is 25.8 Å². The third-order valence-electron chi connectivity index (χ3n) is 3.45. The van der Waals surface area contributed by atoms with E-state index in [0.717, 1.165) is 0 Å². The van der Waals surface area contributed by atoms with Gasteiger partial charge in [0.25, 0.3) is 0 Å². The molecule has 1 aromatic heterocycles. The molecule has 22 heavy (non-hydrogen) atoms. The summed E-state index contributed by atoms with van der Waals surface area (Å²) in [7, 11) is 0. The first-order chi connectivity index (χ1) is 10.5. The third kappa shape index (κ3) is 4.42. The average molecular weight is 325 g/mol. The molecule has 8 heteroatoms. The van der Waals surface area contributed by atoms with E-state index in [1.165, 1.54) is 19.2 Å². The summed E-state index contributed by atoms with van der Waals surface area (Å²) >= 11 is 5.69. The Morgan fingerprint density at radius 1 is 1.23 bits per heavy atom. The number of rotatable bonds is 2. The van der Waals surface area contributed by atoms with Crippen LogP contribution < -0.4 is 10.6 Å². The number of amides is 3. The van der Waals surface area contributed by atoms with Gasteiger partial charge < -0.3 is 15.5 Å². The molecule has 2 rings (SSSR count). The molecule has 0 atom stereocenters. The fraction of sp³-hybridized carbons (Fsp3) is 0.429. The lowest BCUT2D eigenvalue weighted by atomic mass is 10.1. The van der Waals surface area contributed by atoms with Gasteiger partial charge in [-0.05, 0) is 25.0 Å². The Balaban J connectivity index is 1.81. The molecule has 0 aliphatic carbocycles. The zero-order chi connectivity index (χ0) is 16.1. The topological polar surface area (TPSA) is 91.4 Å². The second-order valence-electron chi connectivity index (χ2n) is 5.07. The lowest BCUT2D eigenvalue weighted by molar-refractivity contribution is -0.137. The van der Waals surface area contributed by atoms with Gasteiger partial charge in [-0.25, -0.2) is 4.98 Å². The highest BCUT2D eigenvalue weighted by Gasteiger charge is 2.24. The van der Waals surface area contributed by atoms with E-state index in [2.05, 4.69) is 15.6 Å². The zero-order valence-electron chi connectivity index (χ0n) is 12.1. The van der Waals surface area contributed by atoms with Crippen LogP contribution in [0.5, 0.6) is 0 Å². The fourth-order valence-corrected chi connectivity index (χ4v) is 2.32. The van der Waals surface area contributed by atoms with Crippen molar-refractivity contribution in [3.8, 4) is 0 Å². The van der Waals surface area contributed by atoms with Crippen molar-refractivity contribution in [1.82, 2.24) is 15.2 Å². The predicted molar refractivity (Wildman–Crippen MR) is 81.3 cm³/mol. The van der Waals surface area contributed by atoms with E-state index in [1.807, 2.05) is 0 Å². The molecule has 2 N–H and O–H groups in total. The quantitative estimate of drug-likeness (QED) is 0.787. The number of piperidine rings is 1.